The Labute approximate surface area is 222 Å². The Morgan fingerprint density at radius 3 is 2.55 bits per heavy atom. The van der Waals surface area contributed by atoms with Crippen molar-refractivity contribution < 1.29 is 28.9 Å². The van der Waals surface area contributed by atoms with E-state index in [1.54, 1.807) is 25.3 Å². The van der Waals surface area contributed by atoms with Gasteiger partial charge in [0, 0.05) is 48.1 Å². The molecule has 0 amide bonds. The number of phenols is 1. The molecule has 4 aliphatic rings. The number of rotatable bonds is 5. The number of para-hydroxylation sites is 1. The molecule has 0 spiro atoms. The Balaban J connectivity index is 1.36. The number of aromatic hydroxyl groups is 1. The first-order chi connectivity index (χ1) is 18.4. The van der Waals surface area contributed by atoms with Gasteiger partial charge in [-0.1, -0.05) is 30.3 Å². The zero-order valence-corrected chi connectivity index (χ0v) is 21.7. The Morgan fingerprint density at radius 2 is 1.82 bits per heavy atom. The topological polar surface area (TPSA) is 94.1 Å². The van der Waals surface area contributed by atoms with Crippen LogP contribution in [-0.4, -0.2) is 42.3 Å². The fraction of sp³-hybridized carbons (Fsp3) is 0.419. The highest BCUT2D eigenvalue weighted by Crippen LogP contribution is 2.47. The van der Waals surface area contributed by atoms with Crippen LogP contribution in [0.1, 0.15) is 68.4 Å². The molecule has 2 bridgehead atoms. The Hall–Kier alpha value is -3.58. The summed E-state index contributed by atoms with van der Waals surface area (Å²) in [5, 5.41) is 13.7. The molecule has 3 heterocycles. The molecule has 198 valence electrons. The summed E-state index contributed by atoms with van der Waals surface area (Å²) in [6.07, 6.45) is 4.42. The lowest BCUT2D eigenvalue weighted by Gasteiger charge is -2.37. The summed E-state index contributed by atoms with van der Waals surface area (Å²) in [6, 6.07) is 14.6. The number of allylic oxidation sites excluding steroid dienone is 3. The minimum Gasteiger partial charge on any atom is -0.508 e. The normalized spacial score (nSPS) is 28.6. The summed E-state index contributed by atoms with van der Waals surface area (Å²) in [5.41, 5.74) is 4.17. The molecule has 2 aromatic carbocycles. The molecule has 38 heavy (non-hydrogen) atoms. The van der Waals surface area contributed by atoms with Gasteiger partial charge in [0.25, 0.3) is 0 Å². The fourth-order valence-electron chi connectivity index (χ4n) is 6.69. The number of carbonyl (C=O) groups is 2. The lowest BCUT2D eigenvalue weighted by molar-refractivity contribution is -0.152. The highest BCUT2D eigenvalue weighted by atomic mass is 16.6. The molecule has 2 saturated heterocycles. The second kappa shape index (κ2) is 9.95. The van der Waals surface area contributed by atoms with E-state index in [4.69, 9.17) is 14.2 Å². The summed E-state index contributed by atoms with van der Waals surface area (Å²) >= 11 is 0. The van der Waals surface area contributed by atoms with Crippen LogP contribution in [0.15, 0.2) is 71.1 Å². The van der Waals surface area contributed by atoms with Crippen LogP contribution < -0.4 is 10.1 Å². The SMILES string of the molecule is COc1ccccc1C1CC(=O)C2=C(C1)NC(C)=C(C(=O)OC1CC3CCC(C1)O3)C2c1cccc(O)c1. The molecule has 4 atom stereocenters. The van der Waals surface area contributed by atoms with Crippen molar-refractivity contribution in [3.05, 3.63) is 82.2 Å². The van der Waals surface area contributed by atoms with Gasteiger partial charge < -0.3 is 24.6 Å². The fourth-order valence-corrected chi connectivity index (χ4v) is 6.69. The van der Waals surface area contributed by atoms with Gasteiger partial charge in [0.2, 0.25) is 0 Å². The van der Waals surface area contributed by atoms with E-state index in [-0.39, 0.29) is 35.8 Å². The molecule has 7 nitrogen and oxygen atoms in total. The van der Waals surface area contributed by atoms with Gasteiger partial charge in [-0.3, -0.25) is 4.79 Å². The van der Waals surface area contributed by atoms with Crippen molar-refractivity contribution in [2.75, 3.05) is 7.11 Å². The predicted octanol–water partition coefficient (Wildman–Crippen LogP) is 5.02. The molecule has 2 aromatic rings. The van der Waals surface area contributed by atoms with Gasteiger partial charge in [-0.05, 0) is 55.5 Å². The van der Waals surface area contributed by atoms with Crippen molar-refractivity contribution >= 4 is 11.8 Å². The van der Waals surface area contributed by atoms with Gasteiger partial charge in [0.05, 0.1) is 24.9 Å². The Bertz CT molecular complexity index is 1330. The third-order valence-corrected chi connectivity index (χ3v) is 8.35. The molecular formula is C31H33NO6. The van der Waals surface area contributed by atoms with Crippen LogP contribution in [0.2, 0.25) is 0 Å². The summed E-state index contributed by atoms with van der Waals surface area (Å²) in [5.74, 6) is -0.255. The minimum atomic E-state index is -0.617. The second-order valence-corrected chi connectivity index (χ2v) is 10.8. The van der Waals surface area contributed by atoms with Crippen molar-refractivity contribution in [3.8, 4) is 11.5 Å². The number of dihydropyridines is 1. The first kappa shape index (κ1) is 24.7. The zero-order valence-electron chi connectivity index (χ0n) is 21.7. The lowest BCUT2D eigenvalue weighted by atomic mass is 9.71. The molecule has 2 fully saturated rings. The van der Waals surface area contributed by atoms with E-state index in [0.29, 0.717) is 48.1 Å². The van der Waals surface area contributed by atoms with E-state index in [2.05, 4.69) is 5.32 Å². The van der Waals surface area contributed by atoms with E-state index in [9.17, 15) is 14.7 Å². The van der Waals surface area contributed by atoms with Crippen molar-refractivity contribution in [1.29, 1.82) is 0 Å². The maximum Gasteiger partial charge on any atom is 0.337 e. The molecule has 0 saturated carbocycles. The minimum absolute atomic E-state index is 0.0232. The largest absolute Gasteiger partial charge is 0.508 e. The van der Waals surface area contributed by atoms with Crippen molar-refractivity contribution in [2.45, 2.75) is 75.6 Å². The molecule has 2 N–H and O–H groups in total. The van der Waals surface area contributed by atoms with E-state index in [0.717, 1.165) is 29.9 Å². The summed E-state index contributed by atoms with van der Waals surface area (Å²) in [4.78, 5) is 27.6. The number of esters is 1. The number of nitrogens with one attached hydrogen (secondary N) is 1. The number of hydrogen-bond acceptors (Lipinski definition) is 7. The van der Waals surface area contributed by atoms with Gasteiger partial charge >= 0.3 is 5.97 Å². The average molecular weight is 516 g/mol. The van der Waals surface area contributed by atoms with E-state index in [1.807, 2.05) is 37.3 Å². The second-order valence-electron chi connectivity index (χ2n) is 10.8. The highest BCUT2D eigenvalue weighted by molar-refractivity contribution is 6.04. The van der Waals surface area contributed by atoms with E-state index >= 15 is 0 Å². The number of ether oxygens (including phenoxy) is 3. The smallest absolute Gasteiger partial charge is 0.337 e. The number of fused-ring (bicyclic) bond motifs is 2. The summed E-state index contributed by atoms with van der Waals surface area (Å²) < 4.78 is 17.6. The number of phenolic OH excluding ortho intramolecular Hbond substituents is 1. The number of Topliss-reactive ketones (excluding diaryl/α,β-unsaturated/α-hetero) is 1. The zero-order chi connectivity index (χ0) is 26.4. The van der Waals surface area contributed by atoms with Crippen LogP contribution in [0, 0.1) is 0 Å². The number of ketones is 1. The summed E-state index contributed by atoms with van der Waals surface area (Å²) in [7, 11) is 1.64. The van der Waals surface area contributed by atoms with E-state index < -0.39 is 11.9 Å². The highest BCUT2D eigenvalue weighted by Gasteiger charge is 2.43. The van der Waals surface area contributed by atoms with Crippen molar-refractivity contribution in [3.63, 3.8) is 0 Å². The van der Waals surface area contributed by atoms with Crippen LogP contribution >= 0.6 is 0 Å². The van der Waals surface area contributed by atoms with Crippen LogP contribution in [0.4, 0.5) is 0 Å². The van der Waals surface area contributed by atoms with Crippen molar-refractivity contribution in [2.24, 2.45) is 0 Å². The maximum absolute atomic E-state index is 13.8. The third-order valence-electron chi connectivity index (χ3n) is 8.35. The Kier molecular flexibility index (Phi) is 6.48. The molecule has 7 heteroatoms. The molecule has 1 aliphatic carbocycles. The van der Waals surface area contributed by atoms with Crippen LogP contribution in [0.5, 0.6) is 11.5 Å². The standard InChI is InChI=1S/C31H33NO6/c1-17-28(31(35)38-23-15-21-10-11-22(16-23)37-21)29(18-6-5-7-20(33)12-18)30-25(32-17)13-19(14-26(30)34)24-8-3-4-9-27(24)36-2/h3-9,12,19,21-23,29,32-33H,10-11,13-16H2,1-2H3. The van der Waals surface area contributed by atoms with Gasteiger partial charge in [0.15, 0.2) is 5.78 Å². The van der Waals surface area contributed by atoms with Gasteiger partial charge in [-0.2, -0.15) is 0 Å². The van der Waals surface area contributed by atoms with Gasteiger partial charge in [0.1, 0.15) is 17.6 Å². The quantitative estimate of drug-likeness (QED) is 0.541. The maximum atomic E-state index is 13.8. The molecule has 6 rings (SSSR count). The van der Waals surface area contributed by atoms with Crippen LogP contribution in [0.25, 0.3) is 0 Å². The number of methoxy groups -OCH3 is 1. The first-order valence-electron chi connectivity index (χ1n) is 13.4. The predicted molar refractivity (Wildman–Crippen MR) is 141 cm³/mol. The number of hydrogen-bond donors (Lipinski definition) is 2. The third kappa shape index (κ3) is 4.49. The monoisotopic (exact) mass is 515 g/mol. The van der Waals surface area contributed by atoms with Crippen LogP contribution in [0.3, 0.4) is 0 Å². The molecular weight excluding hydrogens is 482 g/mol. The Morgan fingerprint density at radius 1 is 1.05 bits per heavy atom. The van der Waals surface area contributed by atoms with Gasteiger partial charge in [-0.15, -0.1) is 0 Å². The van der Waals surface area contributed by atoms with Gasteiger partial charge in [-0.25, -0.2) is 4.79 Å². The summed E-state index contributed by atoms with van der Waals surface area (Å²) in [6.45, 7) is 1.86. The first-order valence-corrected chi connectivity index (χ1v) is 13.4. The average Bonchev–Trinajstić information content (AvgIpc) is 3.25. The molecule has 4 unspecified atom stereocenters. The molecule has 0 aromatic heterocycles. The number of carbonyl (C=O) groups excluding carboxylic acids is 2. The number of benzene rings is 2. The van der Waals surface area contributed by atoms with Crippen LogP contribution in [-0.2, 0) is 19.1 Å². The molecule has 0 radical (unpaired) electrons. The van der Waals surface area contributed by atoms with E-state index in [1.165, 1.54) is 0 Å². The lowest BCUT2D eigenvalue weighted by Crippen LogP contribution is -2.38. The van der Waals surface area contributed by atoms with Crippen molar-refractivity contribution in [1.82, 2.24) is 5.32 Å². The molecule has 3 aliphatic heterocycles.